The number of carbonyl (C=O) groups is 1. The van der Waals surface area contributed by atoms with Gasteiger partial charge in [0.2, 0.25) is 0 Å². The first kappa shape index (κ1) is 17.6. The zero-order chi connectivity index (χ0) is 16.9. The highest BCUT2D eigenvalue weighted by Crippen LogP contribution is 2.36. The van der Waals surface area contributed by atoms with E-state index in [4.69, 9.17) is 9.84 Å². The number of ether oxygens (including phenoxy) is 1. The molecule has 0 bridgehead atoms. The molecule has 0 radical (unpaired) electrons. The van der Waals surface area contributed by atoms with Crippen molar-refractivity contribution in [3.8, 4) is 5.75 Å². The summed E-state index contributed by atoms with van der Waals surface area (Å²) in [7, 11) is 0. The van der Waals surface area contributed by atoms with Crippen molar-refractivity contribution < 1.29 is 23.4 Å². The molecule has 1 aromatic rings. The normalized spacial score (nSPS) is 16.4. The summed E-state index contributed by atoms with van der Waals surface area (Å²) in [5.41, 5.74) is -0.398. The molecule has 0 atom stereocenters. The molecule has 1 aliphatic rings. The molecule has 1 saturated heterocycles. The number of para-hydroxylation sites is 1. The summed E-state index contributed by atoms with van der Waals surface area (Å²) in [5, 5.41) is 8.90. The van der Waals surface area contributed by atoms with E-state index in [1.54, 1.807) is 13.0 Å². The fourth-order valence-corrected chi connectivity index (χ4v) is 2.64. The molecule has 128 valence electrons. The summed E-state index contributed by atoms with van der Waals surface area (Å²) in [6.45, 7) is 3.89. The number of carbonyl (C=O) groups excluding carboxylic acids is 1. The van der Waals surface area contributed by atoms with Gasteiger partial charge in [-0.15, -0.1) is 0 Å². The predicted octanol–water partition coefficient (Wildman–Crippen LogP) is 1.31. The number of hydrogen-bond donors (Lipinski definition) is 1. The maximum absolute atomic E-state index is 14.6. The van der Waals surface area contributed by atoms with Crippen molar-refractivity contribution in [1.29, 1.82) is 0 Å². The second-order valence-electron chi connectivity index (χ2n) is 5.36. The lowest BCUT2D eigenvalue weighted by atomic mass is 10.1. The summed E-state index contributed by atoms with van der Waals surface area (Å²) < 4.78 is 34.5. The lowest BCUT2D eigenvalue weighted by molar-refractivity contribution is -0.161. The molecule has 5 nitrogen and oxygen atoms in total. The number of benzene rings is 1. The molecule has 0 spiro atoms. The van der Waals surface area contributed by atoms with Crippen LogP contribution >= 0.6 is 0 Å². The largest absolute Gasteiger partial charge is 0.493 e. The number of rotatable bonds is 6. The number of β-amino-alcohol motifs (C(OH)–C–C–N with tert-alkyl or cyclic N) is 1. The highest BCUT2D eigenvalue weighted by Gasteiger charge is 2.46. The van der Waals surface area contributed by atoms with Crippen LogP contribution in [0.15, 0.2) is 24.3 Å². The van der Waals surface area contributed by atoms with Gasteiger partial charge in [-0.1, -0.05) is 12.1 Å². The number of alkyl halides is 2. The Balaban J connectivity index is 2.12. The van der Waals surface area contributed by atoms with E-state index in [9.17, 15) is 13.6 Å². The van der Waals surface area contributed by atoms with Gasteiger partial charge in [0.25, 0.3) is 5.91 Å². The van der Waals surface area contributed by atoms with Crippen molar-refractivity contribution in [1.82, 2.24) is 9.80 Å². The van der Waals surface area contributed by atoms with E-state index >= 15 is 0 Å². The van der Waals surface area contributed by atoms with Gasteiger partial charge in [-0.2, -0.15) is 8.78 Å². The average Bonchev–Trinajstić information content (AvgIpc) is 2.56. The lowest BCUT2D eigenvalue weighted by Gasteiger charge is -2.36. The number of hydrogen-bond acceptors (Lipinski definition) is 4. The van der Waals surface area contributed by atoms with Crippen molar-refractivity contribution in [2.75, 3.05) is 45.9 Å². The van der Waals surface area contributed by atoms with Crippen LogP contribution < -0.4 is 4.74 Å². The number of amides is 1. The van der Waals surface area contributed by atoms with Crippen molar-refractivity contribution >= 4 is 5.91 Å². The van der Waals surface area contributed by atoms with E-state index in [-0.39, 0.29) is 32.1 Å². The van der Waals surface area contributed by atoms with Crippen LogP contribution in [0.25, 0.3) is 0 Å². The number of piperazine rings is 1. The van der Waals surface area contributed by atoms with E-state index < -0.39 is 17.4 Å². The Bertz CT molecular complexity index is 532. The van der Waals surface area contributed by atoms with E-state index in [2.05, 4.69) is 0 Å². The van der Waals surface area contributed by atoms with Crippen LogP contribution in [0.1, 0.15) is 12.5 Å². The van der Waals surface area contributed by atoms with E-state index in [1.807, 2.05) is 4.90 Å². The van der Waals surface area contributed by atoms with Crippen molar-refractivity contribution in [2.45, 2.75) is 12.8 Å². The van der Waals surface area contributed by atoms with Gasteiger partial charge in [-0.05, 0) is 19.1 Å². The highest BCUT2D eigenvalue weighted by atomic mass is 19.3. The second kappa shape index (κ2) is 7.70. The molecule has 1 aromatic carbocycles. The lowest BCUT2D eigenvalue weighted by Crippen LogP contribution is -2.52. The van der Waals surface area contributed by atoms with Crippen LogP contribution in [0, 0.1) is 0 Å². The smallest absolute Gasteiger partial charge is 0.353 e. The third-order valence-corrected chi connectivity index (χ3v) is 3.87. The first-order valence-corrected chi connectivity index (χ1v) is 7.73. The molecule has 0 saturated carbocycles. The summed E-state index contributed by atoms with van der Waals surface area (Å²) >= 11 is 0. The molecule has 1 heterocycles. The molecule has 0 aliphatic carbocycles. The molecule has 1 amide bonds. The first-order chi connectivity index (χ1) is 11.0. The minimum Gasteiger partial charge on any atom is -0.493 e. The van der Waals surface area contributed by atoms with Gasteiger partial charge in [0.1, 0.15) is 5.75 Å². The van der Waals surface area contributed by atoms with E-state index in [0.29, 0.717) is 19.6 Å². The molecule has 1 aliphatic heterocycles. The molecular formula is C16H22F2N2O3. The van der Waals surface area contributed by atoms with E-state index in [1.165, 1.54) is 23.1 Å². The minimum absolute atomic E-state index is 0.0197. The zero-order valence-corrected chi connectivity index (χ0v) is 13.2. The highest BCUT2D eigenvalue weighted by molar-refractivity contribution is 5.85. The Hall–Kier alpha value is -1.73. The molecule has 1 N–H and O–H groups in total. The number of aliphatic hydroxyl groups is 1. The minimum atomic E-state index is -3.62. The monoisotopic (exact) mass is 328 g/mol. The van der Waals surface area contributed by atoms with Crippen molar-refractivity contribution in [3.05, 3.63) is 29.8 Å². The van der Waals surface area contributed by atoms with Crippen LogP contribution in [0.4, 0.5) is 8.78 Å². The molecular weight excluding hydrogens is 306 g/mol. The molecule has 1 fully saturated rings. The van der Waals surface area contributed by atoms with Crippen molar-refractivity contribution in [2.24, 2.45) is 0 Å². The fourth-order valence-electron chi connectivity index (χ4n) is 2.64. The maximum Gasteiger partial charge on any atom is 0.353 e. The Kier molecular flexibility index (Phi) is 5.90. The van der Waals surface area contributed by atoms with Crippen LogP contribution in [-0.4, -0.2) is 66.8 Å². The SMILES string of the molecule is CCOc1ccccc1C(F)(F)C(=O)N1CCN(CCO)CC1. The molecule has 0 aromatic heterocycles. The molecule has 0 unspecified atom stereocenters. The quantitative estimate of drug-likeness (QED) is 0.856. The molecule has 7 heteroatoms. The van der Waals surface area contributed by atoms with Gasteiger partial charge < -0.3 is 14.7 Å². The maximum atomic E-state index is 14.6. The molecule has 23 heavy (non-hydrogen) atoms. The number of aliphatic hydroxyl groups excluding tert-OH is 1. The standard InChI is InChI=1S/C16H22F2N2O3/c1-2-23-14-6-4-3-5-13(14)16(17,18)15(22)20-9-7-19(8-10-20)11-12-21/h3-6,21H,2,7-12H2,1H3. The number of halogens is 2. The van der Waals surface area contributed by atoms with Crippen molar-refractivity contribution in [3.63, 3.8) is 0 Å². The van der Waals surface area contributed by atoms with E-state index in [0.717, 1.165) is 0 Å². The Morgan fingerprint density at radius 2 is 1.91 bits per heavy atom. The van der Waals surface area contributed by atoms with Crippen LogP contribution in [0.5, 0.6) is 5.75 Å². The summed E-state index contributed by atoms with van der Waals surface area (Å²) in [6, 6.07) is 5.74. The zero-order valence-electron chi connectivity index (χ0n) is 13.2. The van der Waals surface area contributed by atoms with Crippen LogP contribution in [0.3, 0.4) is 0 Å². The third-order valence-electron chi connectivity index (χ3n) is 3.87. The predicted molar refractivity (Wildman–Crippen MR) is 81.6 cm³/mol. The van der Waals surface area contributed by atoms with Crippen LogP contribution in [-0.2, 0) is 10.7 Å². The Morgan fingerprint density at radius 1 is 1.26 bits per heavy atom. The Morgan fingerprint density at radius 3 is 2.52 bits per heavy atom. The van der Waals surface area contributed by atoms with Gasteiger partial charge in [-0.25, -0.2) is 0 Å². The Labute approximate surface area is 134 Å². The molecule has 2 rings (SSSR count). The topological polar surface area (TPSA) is 53.0 Å². The van der Waals surface area contributed by atoms with Gasteiger partial charge in [0.05, 0.1) is 18.8 Å². The summed E-state index contributed by atoms with van der Waals surface area (Å²) in [6.07, 6.45) is 0. The first-order valence-electron chi connectivity index (χ1n) is 7.73. The average molecular weight is 328 g/mol. The van der Waals surface area contributed by atoms with Gasteiger partial charge in [0.15, 0.2) is 0 Å². The second-order valence-corrected chi connectivity index (χ2v) is 5.36. The van der Waals surface area contributed by atoms with Gasteiger partial charge in [-0.3, -0.25) is 9.69 Å². The van der Waals surface area contributed by atoms with Gasteiger partial charge >= 0.3 is 5.92 Å². The van der Waals surface area contributed by atoms with Gasteiger partial charge in [0, 0.05) is 32.7 Å². The number of nitrogens with zero attached hydrogens (tertiary/aromatic N) is 2. The van der Waals surface area contributed by atoms with Crippen LogP contribution in [0.2, 0.25) is 0 Å². The summed E-state index contributed by atoms with van der Waals surface area (Å²) in [4.78, 5) is 15.4. The summed E-state index contributed by atoms with van der Waals surface area (Å²) in [5.74, 6) is -4.79. The third kappa shape index (κ3) is 3.97. The fraction of sp³-hybridized carbons (Fsp3) is 0.562.